The first-order valence-corrected chi connectivity index (χ1v) is 8.09. The summed E-state index contributed by atoms with van der Waals surface area (Å²) in [5, 5.41) is 15.6. The third kappa shape index (κ3) is 2.57. The van der Waals surface area contributed by atoms with E-state index in [2.05, 4.69) is 10.2 Å². The normalized spacial score (nSPS) is 24.6. The smallest absolute Gasteiger partial charge is 0.310 e. The average molecular weight is 301 g/mol. The number of carboxylic acids is 1. The van der Waals surface area contributed by atoms with Gasteiger partial charge in [-0.2, -0.15) is 9.40 Å². The van der Waals surface area contributed by atoms with Crippen molar-refractivity contribution < 1.29 is 18.3 Å². The Hall–Kier alpha value is -1.41. The number of rotatable bonds is 5. The molecule has 1 aliphatic rings. The number of sulfonamides is 1. The lowest BCUT2D eigenvalue weighted by molar-refractivity contribution is -0.151. The minimum Gasteiger partial charge on any atom is -0.481 e. The van der Waals surface area contributed by atoms with Gasteiger partial charge >= 0.3 is 5.97 Å². The van der Waals surface area contributed by atoms with Gasteiger partial charge in [0.05, 0.1) is 11.6 Å². The third-order valence-electron chi connectivity index (χ3n) is 3.82. The SMILES string of the molecule is CCCC1(C(=O)O)CCCN(S(=O)(=O)c2ccn[nH]2)C1. The molecule has 2 rings (SSSR count). The number of hydrogen-bond donors (Lipinski definition) is 2. The van der Waals surface area contributed by atoms with Crippen LogP contribution in [0, 0.1) is 5.41 Å². The van der Waals surface area contributed by atoms with E-state index in [0.29, 0.717) is 32.2 Å². The molecule has 0 spiro atoms. The van der Waals surface area contributed by atoms with Gasteiger partial charge in [-0.3, -0.25) is 9.89 Å². The minimum atomic E-state index is -3.69. The van der Waals surface area contributed by atoms with Gasteiger partial charge in [-0.15, -0.1) is 0 Å². The lowest BCUT2D eigenvalue weighted by Crippen LogP contribution is -2.49. The van der Waals surface area contributed by atoms with Gasteiger partial charge in [0.15, 0.2) is 5.03 Å². The second kappa shape index (κ2) is 5.53. The van der Waals surface area contributed by atoms with Crippen LogP contribution in [0.1, 0.15) is 32.6 Å². The molecule has 112 valence electrons. The summed E-state index contributed by atoms with van der Waals surface area (Å²) in [7, 11) is -3.69. The van der Waals surface area contributed by atoms with Gasteiger partial charge in [0, 0.05) is 13.1 Å². The van der Waals surface area contributed by atoms with Crippen molar-refractivity contribution in [3.8, 4) is 0 Å². The van der Waals surface area contributed by atoms with Gasteiger partial charge in [0.25, 0.3) is 10.0 Å². The third-order valence-corrected chi connectivity index (χ3v) is 5.59. The fourth-order valence-corrected chi connectivity index (χ4v) is 4.25. The van der Waals surface area contributed by atoms with Crippen molar-refractivity contribution in [3.63, 3.8) is 0 Å². The van der Waals surface area contributed by atoms with E-state index in [1.807, 2.05) is 6.92 Å². The van der Waals surface area contributed by atoms with E-state index < -0.39 is 21.4 Å². The number of piperidine rings is 1. The molecule has 0 bridgehead atoms. The summed E-state index contributed by atoms with van der Waals surface area (Å²) in [4.78, 5) is 11.6. The van der Waals surface area contributed by atoms with Crippen LogP contribution in [-0.2, 0) is 14.8 Å². The molecule has 0 amide bonds. The molecule has 0 aromatic carbocycles. The fourth-order valence-electron chi connectivity index (χ4n) is 2.78. The van der Waals surface area contributed by atoms with Gasteiger partial charge < -0.3 is 5.11 Å². The Morgan fingerprint density at radius 2 is 2.35 bits per heavy atom. The molecule has 1 saturated heterocycles. The van der Waals surface area contributed by atoms with Crippen molar-refractivity contribution in [3.05, 3.63) is 12.3 Å². The number of carboxylic acid groups (broad SMARTS) is 1. The van der Waals surface area contributed by atoms with Crippen molar-refractivity contribution in [1.82, 2.24) is 14.5 Å². The molecule has 0 saturated carbocycles. The summed E-state index contributed by atoms with van der Waals surface area (Å²) in [6, 6.07) is 1.38. The molecule has 1 aromatic heterocycles. The average Bonchev–Trinajstić information content (AvgIpc) is 2.93. The highest BCUT2D eigenvalue weighted by Gasteiger charge is 2.45. The van der Waals surface area contributed by atoms with Crippen molar-refractivity contribution in [2.45, 2.75) is 37.6 Å². The fraction of sp³-hybridized carbons (Fsp3) is 0.667. The number of aromatic nitrogens is 2. The number of aromatic amines is 1. The van der Waals surface area contributed by atoms with Crippen LogP contribution in [0.5, 0.6) is 0 Å². The summed E-state index contributed by atoms with van der Waals surface area (Å²) in [6.45, 7) is 2.28. The first kappa shape index (κ1) is 15.0. The molecule has 2 heterocycles. The van der Waals surface area contributed by atoms with E-state index in [9.17, 15) is 18.3 Å². The highest BCUT2D eigenvalue weighted by Crippen LogP contribution is 2.36. The summed E-state index contributed by atoms with van der Waals surface area (Å²) >= 11 is 0. The van der Waals surface area contributed by atoms with Crippen molar-refractivity contribution in [2.24, 2.45) is 5.41 Å². The number of nitrogens with zero attached hydrogens (tertiary/aromatic N) is 2. The van der Waals surface area contributed by atoms with Crippen LogP contribution >= 0.6 is 0 Å². The van der Waals surface area contributed by atoms with Gasteiger partial charge in [0.1, 0.15) is 0 Å². The molecule has 0 radical (unpaired) electrons. The van der Waals surface area contributed by atoms with Crippen LogP contribution < -0.4 is 0 Å². The van der Waals surface area contributed by atoms with Crippen LogP contribution in [0.3, 0.4) is 0 Å². The molecule has 1 aliphatic heterocycles. The standard InChI is InChI=1S/C12H19N3O4S/c1-2-5-12(11(16)17)6-3-8-15(9-12)20(18,19)10-4-7-13-14-10/h4,7H,2-3,5-6,8-9H2,1H3,(H,13,14)(H,16,17). The zero-order chi connectivity index (χ0) is 14.8. The number of H-pyrrole nitrogens is 1. The molecule has 1 aromatic rings. The van der Waals surface area contributed by atoms with Crippen molar-refractivity contribution in [1.29, 1.82) is 0 Å². The molecular weight excluding hydrogens is 282 g/mol. The molecular formula is C12H19N3O4S. The Labute approximate surface area is 118 Å². The summed E-state index contributed by atoms with van der Waals surface area (Å²) in [5.41, 5.74) is -0.972. The Bertz CT molecular complexity index is 566. The van der Waals surface area contributed by atoms with Crippen LogP contribution in [0.2, 0.25) is 0 Å². The number of carbonyl (C=O) groups is 1. The predicted octanol–water partition coefficient (Wildman–Crippen LogP) is 1.07. The van der Waals surface area contributed by atoms with E-state index in [1.165, 1.54) is 16.6 Å². The lowest BCUT2D eigenvalue weighted by Gasteiger charge is -2.38. The number of aliphatic carboxylic acids is 1. The number of hydrogen-bond acceptors (Lipinski definition) is 4. The molecule has 1 atom stereocenters. The highest BCUT2D eigenvalue weighted by molar-refractivity contribution is 7.89. The van der Waals surface area contributed by atoms with Crippen LogP contribution in [0.15, 0.2) is 17.3 Å². The summed E-state index contributed by atoms with van der Waals surface area (Å²) in [5.74, 6) is -0.913. The monoisotopic (exact) mass is 301 g/mol. The van der Waals surface area contributed by atoms with E-state index >= 15 is 0 Å². The molecule has 2 N–H and O–H groups in total. The van der Waals surface area contributed by atoms with Crippen LogP contribution in [0.25, 0.3) is 0 Å². The first-order chi connectivity index (χ1) is 9.42. The van der Waals surface area contributed by atoms with E-state index in [1.54, 1.807) is 0 Å². The predicted molar refractivity (Wildman–Crippen MR) is 71.6 cm³/mol. The van der Waals surface area contributed by atoms with Gasteiger partial charge in [-0.25, -0.2) is 8.42 Å². The second-order valence-corrected chi connectivity index (χ2v) is 7.10. The maximum Gasteiger partial charge on any atom is 0.310 e. The molecule has 7 nitrogen and oxygen atoms in total. The second-order valence-electron chi connectivity index (χ2n) is 5.20. The largest absolute Gasteiger partial charge is 0.481 e. The molecule has 1 unspecified atom stereocenters. The highest BCUT2D eigenvalue weighted by atomic mass is 32.2. The zero-order valence-electron chi connectivity index (χ0n) is 11.4. The lowest BCUT2D eigenvalue weighted by atomic mass is 9.77. The van der Waals surface area contributed by atoms with Crippen molar-refractivity contribution in [2.75, 3.05) is 13.1 Å². The van der Waals surface area contributed by atoms with E-state index in [0.717, 1.165) is 0 Å². The first-order valence-electron chi connectivity index (χ1n) is 6.65. The van der Waals surface area contributed by atoms with E-state index in [-0.39, 0.29) is 11.6 Å². The van der Waals surface area contributed by atoms with Gasteiger partial charge in [-0.1, -0.05) is 13.3 Å². The van der Waals surface area contributed by atoms with Gasteiger partial charge in [0.2, 0.25) is 0 Å². The van der Waals surface area contributed by atoms with Crippen LogP contribution in [0.4, 0.5) is 0 Å². The molecule has 8 heteroatoms. The van der Waals surface area contributed by atoms with Crippen molar-refractivity contribution >= 4 is 16.0 Å². The quantitative estimate of drug-likeness (QED) is 0.846. The topological polar surface area (TPSA) is 103 Å². The molecule has 20 heavy (non-hydrogen) atoms. The maximum atomic E-state index is 12.4. The molecule has 0 aliphatic carbocycles. The summed E-state index contributed by atoms with van der Waals surface area (Å²) in [6.07, 6.45) is 3.64. The van der Waals surface area contributed by atoms with Crippen LogP contribution in [-0.4, -0.2) is 47.1 Å². The zero-order valence-corrected chi connectivity index (χ0v) is 12.2. The maximum absolute atomic E-state index is 12.4. The Kier molecular flexibility index (Phi) is 4.14. The Balaban J connectivity index is 2.28. The van der Waals surface area contributed by atoms with E-state index in [4.69, 9.17) is 0 Å². The minimum absolute atomic E-state index is 0.00943. The number of nitrogens with one attached hydrogen (secondary N) is 1. The molecule has 1 fully saturated rings. The Morgan fingerprint density at radius 1 is 1.60 bits per heavy atom. The van der Waals surface area contributed by atoms with Gasteiger partial charge in [-0.05, 0) is 25.3 Å². The Morgan fingerprint density at radius 3 is 2.90 bits per heavy atom. The summed E-state index contributed by atoms with van der Waals surface area (Å²) < 4.78 is 26.1.